The van der Waals surface area contributed by atoms with Crippen LogP contribution in [0.25, 0.3) is 0 Å². The fraction of sp³-hybridized carbons (Fsp3) is 0.429. The molecule has 3 heterocycles. The number of fused-ring (bicyclic) bond motifs is 2. The summed E-state index contributed by atoms with van der Waals surface area (Å²) in [6, 6.07) is 13.9. The number of carbonyl (C=O) groups excluding carboxylic acids is 1. The number of benzene rings is 1. The lowest BCUT2D eigenvalue weighted by Crippen LogP contribution is -2.44. The van der Waals surface area contributed by atoms with Crippen molar-refractivity contribution in [1.82, 2.24) is 9.88 Å². The van der Waals surface area contributed by atoms with Crippen molar-refractivity contribution in [1.29, 1.82) is 0 Å². The molecular formula is C21H24N2O3. The van der Waals surface area contributed by atoms with E-state index < -0.39 is 0 Å². The van der Waals surface area contributed by atoms with Crippen molar-refractivity contribution in [2.75, 3.05) is 13.7 Å². The van der Waals surface area contributed by atoms with Gasteiger partial charge in [-0.2, -0.15) is 0 Å². The lowest BCUT2D eigenvalue weighted by molar-refractivity contribution is 0.0566. The largest absolute Gasteiger partial charge is 0.497 e. The van der Waals surface area contributed by atoms with Crippen LogP contribution in [0.1, 0.15) is 35.3 Å². The molecule has 1 aromatic heterocycles. The Kier molecular flexibility index (Phi) is 4.41. The number of aliphatic hydroxyl groups excluding tert-OH is 1. The fourth-order valence-corrected chi connectivity index (χ4v) is 4.80. The number of pyridine rings is 1. The van der Waals surface area contributed by atoms with Gasteiger partial charge in [0.2, 0.25) is 0 Å². The second-order valence-electron chi connectivity index (χ2n) is 7.43. The molecule has 1 amide bonds. The molecule has 2 bridgehead atoms. The van der Waals surface area contributed by atoms with Crippen molar-refractivity contribution >= 4 is 5.91 Å². The van der Waals surface area contributed by atoms with Gasteiger partial charge in [-0.05, 0) is 37.3 Å². The lowest BCUT2D eigenvalue weighted by Gasteiger charge is -2.36. The molecule has 4 rings (SSSR count). The van der Waals surface area contributed by atoms with Crippen LogP contribution >= 0.6 is 0 Å². The smallest absolute Gasteiger partial charge is 0.273 e. The molecule has 0 radical (unpaired) electrons. The van der Waals surface area contributed by atoms with Gasteiger partial charge < -0.3 is 14.7 Å². The Labute approximate surface area is 153 Å². The molecule has 2 fully saturated rings. The molecule has 0 spiro atoms. The number of aromatic nitrogens is 1. The van der Waals surface area contributed by atoms with Gasteiger partial charge in [0.05, 0.1) is 13.7 Å². The minimum absolute atomic E-state index is 0.0539. The highest BCUT2D eigenvalue weighted by Crippen LogP contribution is 2.51. The summed E-state index contributed by atoms with van der Waals surface area (Å²) in [4.78, 5) is 19.4. The van der Waals surface area contributed by atoms with E-state index in [1.54, 1.807) is 25.4 Å². The van der Waals surface area contributed by atoms with Crippen LogP contribution in [0.15, 0.2) is 48.7 Å². The second-order valence-corrected chi connectivity index (χ2v) is 7.43. The van der Waals surface area contributed by atoms with Gasteiger partial charge in [-0.1, -0.05) is 30.3 Å². The predicted molar refractivity (Wildman–Crippen MR) is 98.1 cm³/mol. The van der Waals surface area contributed by atoms with Crippen LogP contribution in [0, 0.1) is 5.41 Å². The maximum Gasteiger partial charge on any atom is 0.273 e. The molecule has 2 aromatic rings. The molecule has 26 heavy (non-hydrogen) atoms. The van der Waals surface area contributed by atoms with Crippen molar-refractivity contribution in [3.63, 3.8) is 0 Å². The summed E-state index contributed by atoms with van der Waals surface area (Å²) in [7, 11) is 1.58. The van der Waals surface area contributed by atoms with Gasteiger partial charge >= 0.3 is 0 Å². The molecule has 3 atom stereocenters. The number of ether oxygens (including phenoxy) is 1. The van der Waals surface area contributed by atoms with Crippen molar-refractivity contribution in [3.05, 3.63) is 59.9 Å². The number of nitrogens with zero attached hydrogens (tertiary/aromatic N) is 2. The monoisotopic (exact) mass is 352 g/mol. The van der Waals surface area contributed by atoms with Crippen LogP contribution in [0.2, 0.25) is 0 Å². The van der Waals surface area contributed by atoms with Crippen LogP contribution in [-0.4, -0.2) is 46.7 Å². The van der Waals surface area contributed by atoms with Crippen molar-refractivity contribution < 1.29 is 14.6 Å². The van der Waals surface area contributed by atoms with E-state index in [0.29, 0.717) is 11.4 Å². The van der Waals surface area contributed by atoms with Gasteiger partial charge in [0.25, 0.3) is 5.91 Å². The summed E-state index contributed by atoms with van der Waals surface area (Å²) in [5.41, 5.74) is 1.36. The Hall–Kier alpha value is -2.40. The first-order chi connectivity index (χ1) is 12.7. The van der Waals surface area contributed by atoms with Crippen LogP contribution in [-0.2, 0) is 6.42 Å². The lowest BCUT2D eigenvalue weighted by atomic mass is 9.70. The van der Waals surface area contributed by atoms with Gasteiger partial charge in [-0.25, -0.2) is 0 Å². The minimum atomic E-state index is -0.265. The van der Waals surface area contributed by atoms with Crippen LogP contribution in [0.3, 0.4) is 0 Å². The maximum atomic E-state index is 13.2. The van der Waals surface area contributed by atoms with Crippen LogP contribution in [0.4, 0.5) is 0 Å². The first-order valence-electron chi connectivity index (χ1n) is 9.14. The number of methoxy groups -OCH3 is 1. The third-order valence-electron chi connectivity index (χ3n) is 5.99. The van der Waals surface area contributed by atoms with E-state index in [1.807, 2.05) is 23.1 Å². The van der Waals surface area contributed by atoms with Gasteiger partial charge in [0, 0.05) is 29.8 Å². The standard InChI is InChI=1S/C21H24N2O3/c1-26-17-9-10-22-18(11-17)20(25)23-16-7-8-19(23)21(13-16,14-24)12-15-5-3-2-4-6-15/h2-6,9-11,16,19,24H,7-8,12-14H2,1H3/t16-,19+,21-/m0/s1. The summed E-state index contributed by atoms with van der Waals surface area (Å²) in [5.74, 6) is 0.576. The Bertz CT molecular complexity index is 795. The number of amides is 1. The highest BCUT2D eigenvalue weighted by atomic mass is 16.5. The maximum absolute atomic E-state index is 13.2. The van der Waals surface area contributed by atoms with E-state index in [0.717, 1.165) is 25.7 Å². The van der Waals surface area contributed by atoms with E-state index in [9.17, 15) is 9.90 Å². The Morgan fingerprint density at radius 3 is 2.85 bits per heavy atom. The van der Waals surface area contributed by atoms with E-state index in [2.05, 4.69) is 17.1 Å². The first kappa shape index (κ1) is 17.0. The summed E-state index contributed by atoms with van der Waals surface area (Å²) < 4.78 is 5.23. The topological polar surface area (TPSA) is 62.7 Å². The van der Waals surface area contributed by atoms with Crippen molar-refractivity contribution in [2.24, 2.45) is 5.41 Å². The van der Waals surface area contributed by atoms with E-state index in [4.69, 9.17) is 4.74 Å². The molecule has 1 N–H and O–H groups in total. The SMILES string of the molecule is COc1ccnc(C(=O)N2[C@H]3CC[C@@H]2[C@@](CO)(Cc2ccccc2)C3)c1. The predicted octanol–water partition coefficient (Wildman–Crippen LogP) is 2.69. The summed E-state index contributed by atoms with van der Waals surface area (Å²) in [6.45, 7) is 0.0956. The summed E-state index contributed by atoms with van der Waals surface area (Å²) in [5, 5.41) is 10.3. The average Bonchev–Trinajstić information content (AvgIpc) is 3.24. The average molecular weight is 352 g/mol. The van der Waals surface area contributed by atoms with E-state index in [-0.39, 0.29) is 30.0 Å². The zero-order chi connectivity index (χ0) is 18.1. The number of rotatable bonds is 5. The van der Waals surface area contributed by atoms with Gasteiger partial charge in [-0.3, -0.25) is 9.78 Å². The number of hydrogen-bond donors (Lipinski definition) is 1. The Morgan fingerprint density at radius 2 is 2.12 bits per heavy atom. The third kappa shape index (κ3) is 2.76. The summed E-state index contributed by atoms with van der Waals surface area (Å²) >= 11 is 0. The van der Waals surface area contributed by atoms with E-state index >= 15 is 0 Å². The molecule has 2 saturated heterocycles. The number of hydrogen-bond acceptors (Lipinski definition) is 4. The quantitative estimate of drug-likeness (QED) is 0.899. The highest BCUT2D eigenvalue weighted by Gasteiger charge is 2.57. The van der Waals surface area contributed by atoms with Crippen molar-refractivity contribution in [3.8, 4) is 5.75 Å². The number of carbonyl (C=O) groups is 1. The minimum Gasteiger partial charge on any atom is -0.497 e. The molecule has 5 nitrogen and oxygen atoms in total. The zero-order valence-electron chi connectivity index (χ0n) is 15.0. The van der Waals surface area contributed by atoms with Crippen LogP contribution in [0.5, 0.6) is 5.75 Å². The zero-order valence-corrected chi connectivity index (χ0v) is 15.0. The van der Waals surface area contributed by atoms with Gasteiger partial charge in [0.15, 0.2) is 0 Å². The molecule has 0 unspecified atom stereocenters. The van der Waals surface area contributed by atoms with Crippen molar-refractivity contribution in [2.45, 2.75) is 37.8 Å². The fourth-order valence-electron chi connectivity index (χ4n) is 4.80. The third-order valence-corrected chi connectivity index (χ3v) is 5.99. The number of aliphatic hydroxyl groups is 1. The molecule has 0 aliphatic carbocycles. The molecular weight excluding hydrogens is 328 g/mol. The molecule has 0 saturated carbocycles. The summed E-state index contributed by atoms with van der Waals surface area (Å²) in [6.07, 6.45) is 5.18. The second kappa shape index (κ2) is 6.72. The Balaban J connectivity index is 1.62. The Morgan fingerprint density at radius 1 is 1.31 bits per heavy atom. The molecule has 1 aromatic carbocycles. The van der Waals surface area contributed by atoms with Crippen LogP contribution < -0.4 is 4.74 Å². The molecule has 136 valence electrons. The molecule has 5 heteroatoms. The van der Waals surface area contributed by atoms with E-state index in [1.165, 1.54) is 5.56 Å². The first-order valence-corrected chi connectivity index (χ1v) is 9.14. The molecule has 2 aliphatic rings. The van der Waals surface area contributed by atoms with Gasteiger partial charge in [0.1, 0.15) is 11.4 Å². The normalized spacial score (nSPS) is 26.9. The highest BCUT2D eigenvalue weighted by molar-refractivity contribution is 5.93. The van der Waals surface area contributed by atoms with Gasteiger partial charge in [-0.15, -0.1) is 0 Å². The molecule has 2 aliphatic heterocycles.